The number of carbonyl (C=O) groups excluding carboxylic acids is 5. The summed E-state index contributed by atoms with van der Waals surface area (Å²) in [6.45, 7) is 0. The van der Waals surface area contributed by atoms with E-state index in [1.165, 1.54) is 0 Å². The van der Waals surface area contributed by atoms with Crippen LogP contribution in [-0.4, -0.2) is 88.8 Å². The van der Waals surface area contributed by atoms with Crippen molar-refractivity contribution in [1.82, 2.24) is 0 Å². The molecule has 21 heteroatoms. The number of carboxylic acids is 5. The van der Waals surface area contributed by atoms with Crippen molar-refractivity contribution in [3.05, 3.63) is 0 Å². The number of carbonyl (C=O) groups is 5. The summed E-state index contributed by atoms with van der Waals surface area (Å²) in [5.74, 6) is -5.64. The van der Waals surface area contributed by atoms with E-state index in [9.17, 15) is 49.5 Å². The molecule has 0 saturated heterocycles. The number of rotatable bonds is 10. The zero-order valence-electron chi connectivity index (χ0n) is 18.6. The molecule has 0 saturated carbocycles. The Hall–Kier alpha value is -0.516. The number of nitrogens with two attached hydrogens (primary N) is 5. The molecule has 0 rings (SSSR count). The molecule has 0 aliphatic heterocycles. The molecule has 5 atom stereocenters. The molecule has 0 unspecified atom stereocenters. The van der Waals surface area contributed by atoms with Crippen molar-refractivity contribution in [3.63, 3.8) is 0 Å². The molecule has 0 aliphatic rings. The van der Waals surface area contributed by atoms with E-state index in [1.54, 1.807) is 0 Å². The predicted molar refractivity (Wildman–Crippen MR) is 134 cm³/mol. The molecule has 36 heavy (non-hydrogen) atoms. The van der Waals surface area contributed by atoms with Crippen LogP contribution in [0, 0.1) is 0 Å². The number of carboxylic acid groups (broad SMARTS) is 5. The fraction of sp³-hybridized carbons (Fsp3) is 0.667. The van der Waals surface area contributed by atoms with Crippen LogP contribution in [0.5, 0.6) is 0 Å². The quantitative estimate of drug-likeness (QED) is 0.0980. The molecule has 15 nitrogen and oxygen atoms in total. The minimum Gasteiger partial charge on any atom is -0.548 e. The third-order valence-electron chi connectivity index (χ3n) is 2.50. The van der Waals surface area contributed by atoms with Crippen molar-refractivity contribution in [2.45, 2.75) is 30.2 Å². The summed E-state index contributed by atoms with van der Waals surface area (Å²) in [6, 6.07) is -4.64. The Labute approximate surface area is 247 Å². The molecule has 0 aromatic heterocycles. The van der Waals surface area contributed by atoms with Crippen molar-refractivity contribution >= 4 is 93.0 Å². The third-order valence-corrected chi connectivity index (χ3v) is 4.46. The van der Waals surface area contributed by atoms with Gasteiger partial charge in [0.1, 0.15) is 0 Å². The van der Waals surface area contributed by atoms with E-state index in [0.29, 0.717) is 0 Å². The summed E-state index contributed by atoms with van der Waals surface area (Å²) < 4.78 is 0. The Morgan fingerprint density at radius 1 is 0.417 bits per heavy atom. The molecular formula is C15H30N5O10S5V-5. The van der Waals surface area contributed by atoms with Crippen molar-refractivity contribution in [3.8, 4) is 0 Å². The molecule has 0 aromatic carbocycles. The van der Waals surface area contributed by atoms with Crippen molar-refractivity contribution in [2.75, 3.05) is 28.8 Å². The van der Waals surface area contributed by atoms with Gasteiger partial charge in [0.2, 0.25) is 0 Å². The van der Waals surface area contributed by atoms with E-state index in [2.05, 4.69) is 63.1 Å². The number of thiol groups is 5. The second-order valence-electron chi connectivity index (χ2n) is 5.54. The van der Waals surface area contributed by atoms with Crippen LogP contribution >= 0.6 is 63.1 Å². The molecule has 0 spiro atoms. The molecular weight excluding hydrogens is 621 g/mol. The van der Waals surface area contributed by atoms with Gasteiger partial charge in [-0.3, -0.25) is 0 Å². The van der Waals surface area contributed by atoms with E-state index in [1.807, 2.05) is 0 Å². The van der Waals surface area contributed by atoms with Crippen LogP contribution in [-0.2, 0) is 42.5 Å². The van der Waals surface area contributed by atoms with Crippen LogP contribution in [0.2, 0.25) is 0 Å². The van der Waals surface area contributed by atoms with Gasteiger partial charge in [0, 0.05) is 47.3 Å². The van der Waals surface area contributed by atoms with Crippen molar-refractivity contribution < 1.29 is 68.1 Å². The molecule has 0 aliphatic carbocycles. The average molecular weight is 652 g/mol. The Bertz CT molecular complexity index is 499. The van der Waals surface area contributed by atoms with Gasteiger partial charge in [-0.25, -0.2) is 0 Å². The molecule has 215 valence electrons. The first-order valence-electron chi connectivity index (χ1n) is 8.77. The van der Waals surface area contributed by atoms with E-state index in [-0.39, 0.29) is 47.3 Å². The molecule has 10 N–H and O–H groups in total. The topological polar surface area (TPSA) is 331 Å². The zero-order chi connectivity index (χ0) is 29.3. The number of hydrogen-bond donors (Lipinski definition) is 10. The summed E-state index contributed by atoms with van der Waals surface area (Å²) in [7, 11) is 0. The Morgan fingerprint density at radius 2 is 0.500 bits per heavy atom. The van der Waals surface area contributed by atoms with Crippen LogP contribution in [0.4, 0.5) is 0 Å². The van der Waals surface area contributed by atoms with Gasteiger partial charge >= 0.3 is 0 Å². The SMILES string of the molecule is N[C@@H](CS)C(=O)[O-].N[C@@H](CS)C(=O)[O-].N[C@@H](CS)C(=O)[O-].N[C@@H](CS)C(=O)[O-].N[C@@H](CS)C(=O)[O-].[V]. The first-order valence-corrected chi connectivity index (χ1v) is 11.9. The maximum Gasteiger partial charge on any atom is 0.0590 e. The first kappa shape index (κ1) is 48.5. The smallest absolute Gasteiger partial charge is 0.0590 e. The standard InChI is InChI=1S/5C3H7NO2S.V/c5*4-2(1-7)3(5)6;/h5*2,7H,1,4H2,(H,5,6);/p-5/t5*2-;/m00000./s1. The van der Waals surface area contributed by atoms with Gasteiger partial charge in [-0.2, -0.15) is 63.1 Å². The minimum atomic E-state index is -1.25. The molecule has 1 radical (unpaired) electrons. The Balaban J connectivity index is -0.0000000776. The summed E-state index contributed by atoms with van der Waals surface area (Å²) >= 11 is 18.0. The first-order chi connectivity index (χ1) is 15.9. The molecule has 0 heterocycles. The van der Waals surface area contributed by atoms with Crippen LogP contribution in [0.25, 0.3) is 0 Å². The largest absolute Gasteiger partial charge is 0.548 e. The molecule has 0 fully saturated rings. The summed E-state index contributed by atoms with van der Waals surface area (Å²) in [5, 5.41) is 48.2. The van der Waals surface area contributed by atoms with E-state index in [0.717, 1.165) is 0 Å². The maximum absolute atomic E-state index is 9.65. The predicted octanol–water partition coefficient (Wildman–Crippen LogP) is -10.0. The van der Waals surface area contributed by atoms with Gasteiger partial charge in [-0.15, -0.1) is 0 Å². The van der Waals surface area contributed by atoms with E-state index >= 15 is 0 Å². The summed E-state index contributed by atoms with van der Waals surface area (Å²) in [6.07, 6.45) is 0. The third kappa shape index (κ3) is 40.6. The second kappa shape index (κ2) is 32.5. The fourth-order valence-electron chi connectivity index (χ4n) is 0.373. The van der Waals surface area contributed by atoms with Crippen LogP contribution in [0.1, 0.15) is 0 Å². The maximum atomic E-state index is 9.65. The van der Waals surface area contributed by atoms with Gasteiger partial charge in [0.05, 0.1) is 60.1 Å². The number of aliphatic carboxylic acids is 5. The van der Waals surface area contributed by atoms with Crippen molar-refractivity contribution in [1.29, 1.82) is 0 Å². The fourth-order valence-corrected chi connectivity index (χ4v) is 1.12. The second-order valence-corrected chi connectivity index (χ2v) is 7.37. The molecule has 0 bridgehead atoms. The summed E-state index contributed by atoms with van der Waals surface area (Å²) in [5.41, 5.74) is 24.4. The normalized spacial score (nSPS) is 13.1. The zero-order valence-corrected chi connectivity index (χ0v) is 24.4. The average Bonchev–Trinajstić information content (AvgIpc) is 2.82. The van der Waals surface area contributed by atoms with Crippen LogP contribution in [0.3, 0.4) is 0 Å². The van der Waals surface area contributed by atoms with Gasteiger partial charge < -0.3 is 78.2 Å². The molecule has 0 aromatic rings. The Morgan fingerprint density at radius 3 is 0.500 bits per heavy atom. The monoisotopic (exact) mass is 651 g/mol. The van der Waals surface area contributed by atoms with E-state index in [4.69, 9.17) is 28.7 Å². The van der Waals surface area contributed by atoms with Crippen LogP contribution < -0.4 is 54.2 Å². The number of hydrogen-bond acceptors (Lipinski definition) is 20. The Kier molecular flexibility index (Phi) is 43.8. The van der Waals surface area contributed by atoms with E-state index < -0.39 is 60.1 Å². The van der Waals surface area contributed by atoms with Gasteiger partial charge in [-0.05, 0) is 0 Å². The van der Waals surface area contributed by atoms with Gasteiger partial charge in [0.15, 0.2) is 0 Å². The van der Waals surface area contributed by atoms with Gasteiger partial charge in [0.25, 0.3) is 0 Å². The molecule has 0 amide bonds. The summed E-state index contributed by atoms with van der Waals surface area (Å²) in [4.78, 5) is 48.2. The van der Waals surface area contributed by atoms with Crippen LogP contribution in [0.15, 0.2) is 0 Å². The minimum absolute atomic E-state index is 0. The van der Waals surface area contributed by atoms with Gasteiger partial charge in [-0.1, -0.05) is 0 Å². The van der Waals surface area contributed by atoms with Crippen molar-refractivity contribution in [2.24, 2.45) is 28.7 Å².